The first-order valence-electron chi connectivity index (χ1n) is 5.90. The monoisotopic (exact) mass is 360 g/mol. The van der Waals surface area contributed by atoms with Crippen molar-refractivity contribution < 1.29 is 14.5 Å². The van der Waals surface area contributed by atoms with Gasteiger partial charge in [0.2, 0.25) is 0 Å². The summed E-state index contributed by atoms with van der Waals surface area (Å²) in [7, 11) is 0. The van der Waals surface area contributed by atoms with Crippen LogP contribution in [0.3, 0.4) is 0 Å². The summed E-state index contributed by atoms with van der Waals surface area (Å²) in [5, 5.41) is 13.2. The molecule has 1 aromatic rings. The average Bonchev–Trinajstić information content (AvgIpc) is 2.45. The molecule has 0 aliphatic heterocycles. The number of anilines is 1. The van der Waals surface area contributed by atoms with Crippen molar-refractivity contribution in [2.75, 3.05) is 17.8 Å². The van der Waals surface area contributed by atoms with E-state index in [0.29, 0.717) is 4.24 Å². The summed E-state index contributed by atoms with van der Waals surface area (Å²) in [5.41, 5.74) is 0.0613. The maximum atomic E-state index is 12.3. The van der Waals surface area contributed by atoms with E-state index in [0.717, 1.165) is 6.07 Å². The molecule has 0 spiro atoms. The number of Topliss-reactive ketones (excluding diaryl/α,β-unsaturated/α-hetero) is 1. The Morgan fingerprint density at radius 1 is 1.27 bits per heavy atom. The molecule has 0 saturated heterocycles. The van der Waals surface area contributed by atoms with Crippen LogP contribution in [0.25, 0.3) is 0 Å². The summed E-state index contributed by atoms with van der Waals surface area (Å²) in [4.78, 5) is 34.0. The van der Waals surface area contributed by atoms with Crippen LogP contribution in [0.1, 0.15) is 6.92 Å². The Balaban J connectivity index is 3.13. The van der Waals surface area contributed by atoms with Crippen molar-refractivity contribution >= 4 is 58.2 Å². The molecule has 0 fully saturated rings. The SMILES string of the molecule is CSC(SC)=C(C(C)=O)C(=O)Nc1ccc([N+](=O)[O-])cc1Cl. The molecule has 0 radical (unpaired) electrons. The molecule has 1 aromatic carbocycles. The lowest BCUT2D eigenvalue weighted by molar-refractivity contribution is -0.384. The van der Waals surface area contributed by atoms with Gasteiger partial charge < -0.3 is 5.32 Å². The van der Waals surface area contributed by atoms with Crippen molar-refractivity contribution in [3.63, 3.8) is 0 Å². The number of halogens is 1. The number of rotatable bonds is 6. The number of nitrogens with zero attached hydrogens (tertiary/aromatic N) is 1. The maximum Gasteiger partial charge on any atom is 0.271 e. The zero-order valence-electron chi connectivity index (χ0n) is 12.0. The molecule has 118 valence electrons. The third kappa shape index (κ3) is 4.49. The number of nitro groups is 1. The maximum absolute atomic E-state index is 12.3. The molecule has 22 heavy (non-hydrogen) atoms. The van der Waals surface area contributed by atoms with E-state index < -0.39 is 10.8 Å². The van der Waals surface area contributed by atoms with E-state index >= 15 is 0 Å². The molecule has 1 amide bonds. The fraction of sp³-hybridized carbons (Fsp3) is 0.231. The Labute approximate surface area is 140 Å². The normalized spacial score (nSPS) is 10.0. The van der Waals surface area contributed by atoms with Crippen LogP contribution >= 0.6 is 35.1 Å². The standard InChI is InChI=1S/C13H13ClN2O4S2/c1-7(17)11(13(21-2)22-3)12(18)15-10-5-4-8(16(19)20)6-9(10)14/h4-6H,1-3H3,(H,15,18). The van der Waals surface area contributed by atoms with Gasteiger partial charge in [0, 0.05) is 12.1 Å². The van der Waals surface area contributed by atoms with Crippen LogP contribution in [0.2, 0.25) is 5.02 Å². The molecule has 0 saturated carbocycles. The smallest absolute Gasteiger partial charge is 0.271 e. The fourth-order valence-corrected chi connectivity index (χ4v) is 3.36. The first kappa shape index (κ1) is 18.5. The lowest BCUT2D eigenvalue weighted by Crippen LogP contribution is -2.20. The predicted octanol–water partition coefficient (Wildman–Crippen LogP) is 3.71. The van der Waals surface area contributed by atoms with E-state index in [1.54, 1.807) is 12.5 Å². The van der Waals surface area contributed by atoms with Crippen LogP contribution in [-0.4, -0.2) is 29.1 Å². The van der Waals surface area contributed by atoms with Gasteiger partial charge in [-0.25, -0.2) is 0 Å². The Hall–Kier alpha value is -1.51. The molecule has 0 heterocycles. The number of thioether (sulfide) groups is 2. The summed E-state index contributed by atoms with van der Waals surface area (Å²) in [6.07, 6.45) is 3.53. The van der Waals surface area contributed by atoms with E-state index in [9.17, 15) is 19.7 Å². The molecular weight excluding hydrogens is 348 g/mol. The second-order valence-corrected chi connectivity index (χ2v) is 6.30. The van der Waals surface area contributed by atoms with Gasteiger partial charge in [-0.2, -0.15) is 0 Å². The highest BCUT2D eigenvalue weighted by molar-refractivity contribution is 8.21. The second kappa shape index (κ2) is 8.21. The molecule has 1 rings (SSSR count). The third-order valence-corrected chi connectivity index (χ3v) is 5.03. The van der Waals surface area contributed by atoms with Gasteiger partial charge in [0.05, 0.1) is 19.9 Å². The van der Waals surface area contributed by atoms with Crippen LogP contribution in [0.5, 0.6) is 0 Å². The van der Waals surface area contributed by atoms with E-state index in [1.165, 1.54) is 42.6 Å². The minimum absolute atomic E-state index is 0.0281. The van der Waals surface area contributed by atoms with Gasteiger partial charge in [-0.1, -0.05) is 11.6 Å². The highest BCUT2D eigenvalue weighted by Gasteiger charge is 2.21. The number of hydrogen-bond donors (Lipinski definition) is 1. The van der Waals surface area contributed by atoms with Gasteiger partial charge in [0.15, 0.2) is 5.78 Å². The Morgan fingerprint density at radius 2 is 1.86 bits per heavy atom. The number of carbonyl (C=O) groups is 2. The number of hydrogen-bond acceptors (Lipinski definition) is 6. The first-order chi connectivity index (χ1) is 10.3. The fourth-order valence-electron chi connectivity index (χ4n) is 1.59. The zero-order chi connectivity index (χ0) is 16.9. The number of nitrogens with one attached hydrogen (secondary N) is 1. The van der Waals surface area contributed by atoms with Crippen molar-refractivity contribution in [2.24, 2.45) is 0 Å². The predicted molar refractivity (Wildman–Crippen MR) is 91.5 cm³/mol. The Kier molecular flexibility index (Phi) is 6.92. The highest BCUT2D eigenvalue weighted by Crippen LogP contribution is 2.30. The summed E-state index contributed by atoms with van der Waals surface area (Å²) in [6, 6.07) is 3.69. The van der Waals surface area contributed by atoms with Crippen LogP contribution in [0, 0.1) is 10.1 Å². The van der Waals surface area contributed by atoms with E-state index in [-0.39, 0.29) is 27.8 Å². The minimum Gasteiger partial charge on any atom is -0.320 e. The zero-order valence-corrected chi connectivity index (χ0v) is 14.4. The Bertz CT molecular complexity index is 655. The average molecular weight is 361 g/mol. The molecule has 1 N–H and O–H groups in total. The van der Waals surface area contributed by atoms with Crippen molar-refractivity contribution in [2.45, 2.75) is 6.92 Å². The summed E-state index contributed by atoms with van der Waals surface area (Å²) in [5.74, 6) is -0.962. The van der Waals surface area contributed by atoms with Crippen LogP contribution in [-0.2, 0) is 9.59 Å². The molecule has 0 unspecified atom stereocenters. The van der Waals surface area contributed by atoms with Gasteiger partial charge in [0.1, 0.15) is 5.57 Å². The molecule has 0 aliphatic rings. The first-order valence-corrected chi connectivity index (χ1v) is 8.73. The second-order valence-electron chi connectivity index (χ2n) is 4.00. The number of benzene rings is 1. The van der Waals surface area contributed by atoms with E-state index in [2.05, 4.69) is 5.32 Å². The third-order valence-electron chi connectivity index (χ3n) is 2.57. The van der Waals surface area contributed by atoms with E-state index in [4.69, 9.17) is 11.6 Å². The molecule has 0 bridgehead atoms. The topological polar surface area (TPSA) is 89.3 Å². The number of ketones is 1. The van der Waals surface area contributed by atoms with Crippen molar-refractivity contribution in [1.29, 1.82) is 0 Å². The van der Waals surface area contributed by atoms with Crippen LogP contribution in [0.15, 0.2) is 28.0 Å². The van der Waals surface area contributed by atoms with E-state index in [1.807, 2.05) is 0 Å². The summed E-state index contributed by atoms with van der Waals surface area (Å²) in [6.45, 7) is 1.30. The van der Waals surface area contributed by atoms with Gasteiger partial charge in [-0.05, 0) is 25.5 Å². The lowest BCUT2D eigenvalue weighted by Gasteiger charge is -2.11. The molecule has 0 aliphatic carbocycles. The highest BCUT2D eigenvalue weighted by atomic mass is 35.5. The minimum atomic E-state index is -0.595. The number of non-ortho nitro benzene ring substituents is 1. The van der Waals surface area contributed by atoms with Gasteiger partial charge in [0.25, 0.3) is 11.6 Å². The number of amides is 1. The number of nitro benzene ring substituents is 1. The van der Waals surface area contributed by atoms with Crippen molar-refractivity contribution in [3.8, 4) is 0 Å². The van der Waals surface area contributed by atoms with Crippen molar-refractivity contribution in [3.05, 3.63) is 43.1 Å². The molecular formula is C13H13ClN2O4S2. The van der Waals surface area contributed by atoms with Gasteiger partial charge >= 0.3 is 0 Å². The molecule has 9 heteroatoms. The summed E-state index contributed by atoms with van der Waals surface area (Å²) >= 11 is 8.51. The van der Waals surface area contributed by atoms with Crippen molar-refractivity contribution in [1.82, 2.24) is 0 Å². The molecule has 0 atom stereocenters. The van der Waals surface area contributed by atoms with Crippen LogP contribution in [0.4, 0.5) is 11.4 Å². The lowest BCUT2D eigenvalue weighted by atomic mass is 10.2. The van der Waals surface area contributed by atoms with Gasteiger partial charge in [-0.3, -0.25) is 19.7 Å². The Morgan fingerprint density at radius 3 is 2.27 bits per heavy atom. The summed E-state index contributed by atoms with van der Waals surface area (Å²) < 4.78 is 0.586. The van der Waals surface area contributed by atoms with Crippen LogP contribution < -0.4 is 5.32 Å². The number of carbonyl (C=O) groups excluding carboxylic acids is 2. The molecule has 6 nitrogen and oxygen atoms in total. The van der Waals surface area contributed by atoms with Gasteiger partial charge in [-0.15, -0.1) is 23.5 Å². The largest absolute Gasteiger partial charge is 0.320 e. The molecule has 0 aromatic heterocycles. The quantitative estimate of drug-likeness (QED) is 0.273.